The Balaban J connectivity index is 2.40. The van der Waals surface area contributed by atoms with E-state index in [9.17, 15) is 4.79 Å². The Hall–Kier alpha value is -0.990. The molecule has 1 aliphatic rings. The summed E-state index contributed by atoms with van der Waals surface area (Å²) < 4.78 is 0. The molecule has 1 fully saturated rings. The van der Waals surface area contributed by atoms with Crippen molar-refractivity contribution in [2.75, 3.05) is 19.6 Å². The van der Waals surface area contributed by atoms with Crippen LogP contribution in [0, 0.1) is 0 Å². The van der Waals surface area contributed by atoms with Crippen LogP contribution in [0.1, 0.15) is 6.92 Å². The molecule has 10 heavy (non-hydrogen) atoms. The van der Waals surface area contributed by atoms with E-state index in [4.69, 9.17) is 0 Å². The summed E-state index contributed by atoms with van der Waals surface area (Å²) in [5.41, 5.74) is 1.03. The third-order valence-corrected chi connectivity index (χ3v) is 1.41. The molecule has 2 amide bonds. The molecule has 0 saturated carbocycles. The predicted molar refractivity (Wildman–Crippen MR) is 39.8 cm³/mol. The Bertz CT molecular complexity index is 165. The number of hydrogen-bond acceptors (Lipinski definition) is 1. The standard InChI is InChI=1S/C7H12N2O/c1-6(2)5-9-4-3-8-7(9)10/h1,3-5H2,2H3,(H,8,10). The Kier molecular flexibility index (Phi) is 1.94. The molecule has 3 heteroatoms. The summed E-state index contributed by atoms with van der Waals surface area (Å²) in [4.78, 5) is 12.6. The number of urea groups is 1. The van der Waals surface area contributed by atoms with Crippen molar-refractivity contribution in [3.8, 4) is 0 Å². The van der Waals surface area contributed by atoms with Crippen LogP contribution in [-0.4, -0.2) is 30.6 Å². The van der Waals surface area contributed by atoms with E-state index < -0.39 is 0 Å². The summed E-state index contributed by atoms with van der Waals surface area (Å²) in [7, 11) is 0. The molecule has 56 valence electrons. The summed E-state index contributed by atoms with van der Waals surface area (Å²) in [6.07, 6.45) is 0. The van der Waals surface area contributed by atoms with Crippen molar-refractivity contribution in [1.29, 1.82) is 0 Å². The maximum absolute atomic E-state index is 10.9. The molecule has 0 unspecified atom stereocenters. The van der Waals surface area contributed by atoms with Crippen LogP contribution in [0.3, 0.4) is 0 Å². The molecule has 0 atom stereocenters. The number of carbonyl (C=O) groups is 1. The number of rotatable bonds is 2. The first-order chi connectivity index (χ1) is 4.70. The zero-order valence-corrected chi connectivity index (χ0v) is 6.18. The molecule has 1 saturated heterocycles. The van der Waals surface area contributed by atoms with Crippen molar-refractivity contribution >= 4 is 6.03 Å². The minimum Gasteiger partial charge on any atom is -0.336 e. The lowest BCUT2D eigenvalue weighted by molar-refractivity contribution is 0.221. The van der Waals surface area contributed by atoms with E-state index in [0.717, 1.165) is 18.7 Å². The van der Waals surface area contributed by atoms with Gasteiger partial charge in [-0.1, -0.05) is 12.2 Å². The summed E-state index contributed by atoms with van der Waals surface area (Å²) in [6, 6.07) is 0.0306. The van der Waals surface area contributed by atoms with Crippen LogP contribution in [0.4, 0.5) is 4.79 Å². The molecular weight excluding hydrogens is 128 g/mol. The molecule has 1 heterocycles. The van der Waals surface area contributed by atoms with E-state index in [2.05, 4.69) is 11.9 Å². The Morgan fingerprint density at radius 2 is 2.60 bits per heavy atom. The second-order valence-corrected chi connectivity index (χ2v) is 2.61. The van der Waals surface area contributed by atoms with Crippen molar-refractivity contribution in [2.45, 2.75) is 6.92 Å². The summed E-state index contributed by atoms with van der Waals surface area (Å²) in [5, 5.41) is 2.72. The van der Waals surface area contributed by atoms with Crippen LogP contribution in [0.25, 0.3) is 0 Å². The van der Waals surface area contributed by atoms with Gasteiger partial charge >= 0.3 is 6.03 Å². The van der Waals surface area contributed by atoms with E-state index in [1.807, 2.05) is 6.92 Å². The smallest absolute Gasteiger partial charge is 0.317 e. The van der Waals surface area contributed by atoms with E-state index in [1.54, 1.807) is 4.90 Å². The second-order valence-electron chi connectivity index (χ2n) is 2.61. The average molecular weight is 140 g/mol. The number of amides is 2. The highest BCUT2D eigenvalue weighted by atomic mass is 16.2. The van der Waals surface area contributed by atoms with Crippen molar-refractivity contribution in [3.63, 3.8) is 0 Å². The van der Waals surface area contributed by atoms with Crippen molar-refractivity contribution < 1.29 is 4.79 Å². The van der Waals surface area contributed by atoms with E-state index in [-0.39, 0.29) is 6.03 Å². The van der Waals surface area contributed by atoms with Crippen LogP contribution < -0.4 is 5.32 Å². The first-order valence-electron chi connectivity index (χ1n) is 3.37. The first-order valence-corrected chi connectivity index (χ1v) is 3.37. The number of nitrogens with zero attached hydrogens (tertiary/aromatic N) is 1. The molecule has 0 aromatic heterocycles. The zero-order valence-electron chi connectivity index (χ0n) is 6.18. The van der Waals surface area contributed by atoms with Gasteiger partial charge in [0.15, 0.2) is 0 Å². The van der Waals surface area contributed by atoms with Crippen LogP contribution in [-0.2, 0) is 0 Å². The van der Waals surface area contributed by atoms with Crippen molar-refractivity contribution in [1.82, 2.24) is 10.2 Å². The molecular formula is C7H12N2O. The fourth-order valence-corrected chi connectivity index (χ4v) is 0.988. The highest BCUT2D eigenvalue weighted by molar-refractivity contribution is 5.76. The van der Waals surface area contributed by atoms with Crippen LogP contribution in [0.2, 0.25) is 0 Å². The van der Waals surface area contributed by atoms with Crippen LogP contribution in [0.5, 0.6) is 0 Å². The maximum atomic E-state index is 10.9. The summed E-state index contributed by atoms with van der Waals surface area (Å²) in [6.45, 7) is 7.92. The van der Waals surface area contributed by atoms with E-state index >= 15 is 0 Å². The normalized spacial score (nSPS) is 17.3. The SMILES string of the molecule is C=C(C)CN1CCNC1=O. The molecule has 0 aromatic rings. The second kappa shape index (κ2) is 2.73. The third kappa shape index (κ3) is 1.50. The molecule has 1 aliphatic heterocycles. The van der Waals surface area contributed by atoms with Gasteiger partial charge in [0.2, 0.25) is 0 Å². The van der Waals surface area contributed by atoms with Gasteiger partial charge in [0.1, 0.15) is 0 Å². The van der Waals surface area contributed by atoms with Gasteiger partial charge in [0, 0.05) is 19.6 Å². The zero-order chi connectivity index (χ0) is 7.56. The fourth-order valence-electron chi connectivity index (χ4n) is 0.988. The minimum absolute atomic E-state index is 0.0306. The topological polar surface area (TPSA) is 32.3 Å². The quantitative estimate of drug-likeness (QED) is 0.559. The fraction of sp³-hybridized carbons (Fsp3) is 0.571. The van der Waals surface area contributed by atoms with Crippen LogP contribution in [0.15, 0.2) is 12.2 Å². The highest BCUT2D eigenvalue weighted by Gasteiger charge is 2.18. The maximum Gasteiger partial charge on any atom is 0.317 e. The molecule has 3 nitrogen and oxygen atoms in total. The third-order valence-electron chi connectivity index (χ3n) is 1.41. The number of carbonyl (C=O) groups excluding carboxylic acids is 1. The van der Waals surface area contributed by atoms with Gasteiger partial charge in [-0.15, -0.1) is 0 Å². The molecule has 1 N–H and O–H groups in total. The lowest BCUT2D eigenvalue weighted by Crippen LogP contribution is -2.29. The largest absolute Gasteiger partial charge is 0.336 e. The van der Waals surface area contributed by atoms with Crippen molar-refractivity contribution in [3.05, 3.63) is 12.2 Å². The van der Waals surface area contributed by atoms with Gasteiger partial charge < -0.3 is 10.2 Å². The molecule has 0 aliphatic carbocycles. The van der Waals surface area contributed by atoms with Gasteiger partial charge in [-0.3, -0.25) is 0 Å². The minimum atomic E-state index is 0.0306. The molecule has 0 radical (unpaired) electrons. The van der Waals surface area contributed by atoms with Gasteiger partial charge in [-0.2, -0.15) is 0 Å². The molecule has 1 rings (SSSR count). The predicted octanol–water partition coefficient (Wildman–Crippen LogP) is 0.588. The Labute approximate surface area is 60.7 Å². The highest BCUT2D eigenvalue weighted by Crippen LogP contribution is 1.99. The Morgan fingerprint density at radius 3 is 3.00 bits per heavy atom. The molecule has 0 bridgehead atoms. The number of hydrogen-bond donors (Lipinski definition) is 1. The monoisotopic (exact) mass is 140 g/mol. The van der Waals surface area contributed by atoms with Crippen molar-refractivity contribution in [2.24, 2.45) is 0 Å². The molecule has 0 spiro atoms. The van der Waals surface area contributed by atoms with Gasteiger partial charge in [0.05, 0.1) is 0 Å². The van der Waals surface area contributed by atoms with Gasteiger partial charge in [-0.05, 0) is 6.92 Å². The first kappa shape index (κ1) is 7.12. The lowest BCUT2D eigenvalue weighted by atomic mass is 10.3. The van der Waals surface area contributed by atoms with E-state index in [0.29, 0.717) is 6.54 Å². The molecule has 0 aromatic carbocycles. The number of nitrogens with one attached hydrogen (secondary N) is 1. The van der Waals surface area contributed by atoms with Gasteiger partial charge in [-0.25, -0.2) is 4.79 Å². The average Bonchev–Trinajstić information content (AvgIpc) is 2.15. The van der Waals surface area contributed by atoms with Crippen LogP contribution >= 0.6 is 0 Å². The summed E-state index contributed by atoms with van der Waals surface area (Å²) >= 11 is 0. The van der Waals surface area contributed by atoms with Gasteiger partial charge in [0.25, 0.3) is 0 Å². The van der Waals surface area contributed by atoms with E-state index in [1.165, 1.54) is 0 Å². The lowest BCUT2D eigenvalue weighted by Gasteiger charge is -2.12. The Morgan fingerprint density at radius 1 is 1.90 bits per heavy atom. The summed E-state index contributed by atoms with van der Waals surface area (Å²) in [5.74, 6) is 0.